The first-order chi connectivity index (χ1) is 6.40. The van der Waals surface area contributed by atoms with E-state index in [0.717, 1.165) is 11.8 Å². The normalized spacial score (nSPS) is 35.8. The maximum absolute atomic E-state index is 3.52. The van der Waals surface area contributed by atoms with E-state index >= 15 is 0 Å². The van der Waals surface area contributed by atoms with Gasteiger partial charge < -0.3 is 10.2 Å². The summed E-state index contributed by atoms with van der Waals surface area (Å²) in [6.45, 7) is 8.85. The van der Waals surface area contributed by atoms with Gasteiger partial charge in [0, 0.05) is 0 Å². The molecule has 2 fully saturated rings. The Morgan fingerprint density at radius 2 is 1.77 bits per heavy atom. The monoisotopic (exact) mass is 182 g/mol. The fourth-order valence-corrected chi connectivity index (χ4v) is 2.81. The molecule has 1 N–H and O–H groups in total. The highest BCUT2D eigenvalue weighted by atomic mass is 15.1. The van der Waals surface area contributed by atoms with Crippen LogP contribution in [0, 0.1) is 11.8 Å². The maximum atomic E-state index is 3.52. The molecule has 0 aromatic carbocycles. The van der Waals surface area contributed by atoms with E-state index in [1.807, 2.05) is 0 Å². The predicted molar refractivity (Wildman–Crippen MR) is 55.8 cm³/mol. The Labute approximate surface area is 81.7 Å². The Balaban J connectivity index is 1.84. The highest BCUT2D eigenvalue weighted by Crippen LogP contribution is 2.26. The highest BCUT2D eigenvalue weighted by Gasteiger charge is 2.29. The van der Waals surface area contributed by atoms with Gasteiger partial charge >= 0.3 is 0 Å². The van der Waals surface area contributed by atoms with E-state index in [1.165, 1.54) is 52.0 Å². The summed E-state index contributed by atoms with van der Waals surface area (Å²) < 4.78 is 0. The first kappa shape index (κ1) is 9.47. The number of nitrogens with zero attached hydrogens (tertiary/aromatic N) is 1. The zero-order valence-corrected chi connectivity index (χ0v) is 8.76. The van der Waals surface area contributed by atoms with Crippen LogP contribution in [0.5, 0.6) is 0 Å². The quantitative estimate of drug-likeness (QED) is 0.693. The van der Waals surface area contributed by atoms with Gasteiger partial charge in [0.25, 0.3) is 0 Å². The van der Waals surface area contributed by atoms with Crippen molar-refractivity contribution in [2.45, 2.75) is 26.2 Å². The van der Waals surface area contributed by atoms with Crippen LogP contribution in [0.25, 0.3) is 0 Å². The molecule has 2 nitrogen and oxygen atoms in total. The summed E-state index contributed by atoms with van der Waals surface area (Å²) in [7, 11) is 0. The van der Waals surface area contributed by atoms with Crippen molar-refractivity contribution >= 4 is 0 Å². The van der Waals surface area contributed by atoms with E-state index in [9.17, 15) is 0 Å². The average molecular weight is 182 g/mol. The first-order valence-corrected chi connectivity index (χ1v) is 5.83. The molecule has 2 heteroatoms. The molecule has 2 rings (SSSR count). The molecule has 0 spiro atoms. The van der Waals surface area contributed by atoms with Gasteiger partial charge in [-0.1, -0.05) is 6.92 Å². The van der Waals surface area contributed by atoms with Crippen molar-refractivity contribution in [3.63, 3.8) is 0 Å². The van der Waals surface area contributed by atoms with Crippen LogP contribution in [-0.2, 0) is 0 Å². The van der Waals surface area contributed by atoms with Crippen LogP contribution in [-0.4, -0.2) is 37.6 Å². The van der Waals surface area contributed by atoms with Gasteiger partial charge in [0.05, 0.1) is 0 Å². The molecule has 2 saturated heterocycles. The van der Waals surface area contributed by atoms with Gasteiger partial charge in [-0.25, -0.2) is 0 Å². The van der Waals surface area contributed by atoms with Crippen molar-refractivity contribution < 1.29 is 0 Å². The largest absolute Gasteiger partial charge is 0.316 e. The third kappa shape index (κ3) is 2.23. The first-order valence-electron chi connectivity index (χ1n) is 5.83. The summed E-state index contributed by atoms with van der Waals surface area (Å²) in [5, 5.41) is 3.52. The van der Waals surface area contributed by atoms with Crippen LogP contribution < -0.4 is 5.32 Å². The lowest BCUT2D eigenvalue weighted by Gasteiger charge is -2.18. The second-order valence-electron chi connectivity index (χ2n) is 4.60. The van der Waals surface area contributed by atoms with Crippen molar-refractivity contribution in [1.29, 1.82) is 0 Å². The Kier molecular flexibility index (Phi) is 3.23. The number of fused-ring (bicyclic) bond motifs is 1. The van der Waals surface area contributed by atoms with Crippen LogP contribution in [0.1, 0.15) is 26.2 Å². The Morgan fingerprint density at radius 1 is 1.15 bits per heavy atom. The summed E-state index contributed by atoms with van der Waals surface area (Å²) in [5.41, 5.74) is 0. The molecule has 0 bridgehead atoms. The second kappa shape index (κ2) is 4.43. The SMILES string of the molecule is CCCN1CCC2CNCC2CC1. The summed E-state index contributed by atoms with van der Waals surface area (Å²) in [6.07, 6.45) is 4.17. The van der Waals surface area contributed by atoms with Crippen molar-refractivity contribution in [2.75, 3.05) is 32.7 Å². The molecule has 2 aliphatic heterocycles. The lowest BCUT2D eigenvalue weighted by Crippen LogP contribution is -2.26. The zero-order valence-electron chi connectivity index (χ0n) is 8.76. The molecule has 2 heterocycles. The van der Waals surface area contributed by atoms with Crippen LogP contribution >= 0.6 is 0 Å². The van der Waals surface area contributed by atoms with Gasteiger partial charge in [-0.3, -0.25) is 0 Å². The summed E-state index contributed by atoms with van der Waals surface area (Å²) >= 11 is 0. The second-order valence-corrected chi connectivity index (χ2v) is 4.60. The third-order valence-corrected chi connectivity index (χ3v) is 3.65. The number of hydrogen-bond donors (Lipinski definition) is 1. The van der Waals surface area contributed by atoms with E-state index in [2.05, 4.69) is 17.1 Å². The summed E-state index contributed by atoms with van der Waals surface area (Å²) in [6, 6.07) is 0. The van der Waals surface area contributed by atoms with Gasteiger partial charge in [-0.05, 0) is 63.8 Å². The van der Waals surface area contributed by atoms with Crippen molar-refractivity contribution in [3.8, 4) is 0 Å². The molecule has 0 aromatic rings. The van der Waals surface area contributed by atoms with Crippen molar-refractivity contribution in [2.24, 2.45) is 11.8 Å². The van der Waals surface area contributed by atoms with Crippen LogP contribution in [0.15, 0.2) is 0 Å². The van der Waals surface area contributed by atoms with E-state index in [1.54, 1.807) is 0 Å². The molecule has 2 unspecified atom stereocenters. The molecule has 0 radical (unpaired) electrons. The lowest BCUT2D eigenvalue weighted by molar-refractivity contribution is 0.278. The van der Waals surface area contributed by atoms with Crippen LogP contribution in [0.2, 0.25) is 0 Å². The third-order valence-electron chi connectivity index (χ3n) is 3.65. The van der Waals surface area contributed by atoms with Gasteiger partial charge in [0.2, 0.25) is 0 Å². The molecule has 0 amide bonds. The average Bonchev–Trinajstić information content (AvgIpc) is 2.50. The minimum absolute atomic E-state index is 0.988. The fourth-order valence-electron chi connectivity index (χ4n) is 2.81. The minimum Gasteiger partial charge on any atom is -0.316 e. The molecule has 13 heavy (non-hydrogen) atoms. The van der Waals surface area contributed by atoms with Crippen LogP contribution in [0.3, 0.4) is 0 Å². The minimum atomic E-state index is 0.988. The van der Waals surface area contributed by atoms with E-state index < -0.39 is 0 Å². The number of rotatable bonds is 2. The smallest absolute Gasteiger partial charge is 0.00155 e. The van der Waals surface area contributed by atoms with Gasteiger partial charge in [-0.2, -0.15) is 0 Å². The molecule has 0 aliphatic carbocycles. The molecule has 76 valence electrons. The number of nitrogens with one attached hydrogen (secondary N) is 1. The van der Waals surface area contributed by atoms with Gasteiger partial charge in [0.15, 0.2) is 0 Å². The van der Waals surface area contributed by atoms with Gasteiger partial charge in [0.1, 0.15) is 0 Å². The molecule has 0 saturated carbocycles. The fraction of sp³-hybridized carbons (Fsp3) is 1.00. The molecule has 0 aromatic heterocycles. The number of hydrogen-bond acceptors (Lipinski definition) is 2. The molecular formula is C11H22N2. The Morgan fingerprint density at radius 3 is 2.31 bits per heavy atom. The van der Waals surface area contributed by atoms with E-state index in [0.29, 0.717) is 0 Å². The van der Waals surface area contributed by atoms with Crippen molar-refractivity contribution in [1.82, 2.24) is 10.2 Å². The van der Waals surface area contributed by atoms with Crippen LogP contribution in [0.4, 0.5) is 0 Å². The van der Waals surface area contributed by atoms with Gasteiger partial charge in [-0.15, -0.1) is 0 Å². The highest BCUT2D eigenvalue weighted by molar-refractivity contribution is 4.85. The summed E-state index contributed by atoms with van der Waals surface area (Å²) in [4.78, 5) is 2.65. The maximum Gasteiger partial charge on any atom is -0.00155 e. The topological polar surface area (TPSA) is 15.3 Å². The zero-order chi connectivity index (χ0) is 9.10. The van der Waals surface area contributed by atoms with E-state index in [4.69, 9.17) is 0 Å². The molecule has 2 atom stereocenters. The summed E-state index contributed by atoms with van der Waals surface area (Å²) in [5.74, 6) is 1.98. The van der Waals surface area contributed by atoms with E-state index in [-0.39, 0.29) is 0 Å². The Bertz CT molecular complexity index is 144. The predicted octanol–water partition coefficient (Wildman–Crippen LogP) is 1.33. The molecular weight excluding hydrogens is 160 g/mol. The standard InChI is InChI=1S/C11H22N2/c1-2-5-13-6-3-10-8-12-9-11(10)4-7-13/h10-12H,2-9H2,1H3. The molecule has 2 aliphatic rings. The van der Waals surface area contributed by atoms with Crippen molar-refractivity contribution in [3.05, 3.63) is 0 Å². The lowest BCUT2D eigenvalue weighted by atomic mass is 9.92. The Hall–Kier alpha value is -0.0800. The number of likely N-dealkylation sites (tertiary alicyclic amines) is 1.